The Bertz CT molecular complexity index is 171. The Kier molecular flexibility index (Phi) is 3.58. The van der Waals surface area contributed by atoms with Crippen LogP contribution in [-0.4, -0.2) is 36.6 Å². The molecule has 0 aromatic carbocycles. The summed E-state index contributed by atoms with van der Waals surface area (Å²) < 4.78 is 0. The molecule has 1 fully saturated rings. The van der Waals surface area contributed by atoms with Crippen molar-refractivity contribution >= 4 is 0 Å². The third-order valence-corrected chi connectivity index (χ3v) is 2.57. The Balaban J connectivity index is 2.41. The zero-order chi connectivity index (χ0) is 8.97. The summed E-state index contributed by atoms with van der Waals surface area (Å²) >= 11 is 0. The van der Waals surface area contributed by atoms with E-state index in [0.717, 1.165) is 19.6 Å². The molecule has 0 saturated carbocycles. The van der Waals surface area contributed by atoms with Gasteiger partial charge in [-0.05, 0) is 13.3 Å². The van der Waals surface area contributed by atoms with Crippen LogP contribution in [0.5, 0.6) is 0 Å². The molecule has 1 N–H and O–H groups in total. The number of hydrogen-bond donors (Lipinski definition) is 1. The van der Waals surface area contributed by atoms with Gasteiger partial charge in [0.2, 0.25) is 0 Å². The summed E-state index contributed by atoms with van der Waals surface area (Å²) in [6.07, 6.45) is 6.57. The van der Waals surface area contributed by atoms with E-state index in [4.69, 9.17) is 6.42 Å². The largest absolute Gasteiger partial charge is 0.311 e. The van der Waals surface area contributed by atoms with Crippen LogP contribution in [0.1, 0.15) is 20.3 Å². The van der Waals surface area contributed by atoms with Crippen molar-refractivity contribution in [3.05, 3.63) is 0 Å². The first-order chi connectivity index (χ1) is 5.77. The topological polar surface area (TPSA) is 15.3 Å². The van der Waals surface area contributed by atoms with Gasteiger partial charge < -0.3 is 5.32 Å². The number of piperazine rings is 1. The third-order valence-electron chi connectivity index (χ3n) is 2.57. The maximum atomic E-state index is 5.38. The molecule has 0 amide bonds. The lowest BCUT2D eigenvalue weighted by atomic mass is 10.1. The van der Waals surface area contributed by atoms with Crippen molar-refractivity contribution in [3.8, 4) is 12.3 Å². The summed E-state index contributed by atoms with van der Waals surface area (Å²) in [7, 11) is 0. The van der Waals surface area contributed by atoms with Crippen LogP contribution >= 0.6 is 0 Å². The molecule has 1 aliphatic heterocycles. The Hall–Kier alpha value is -0.520. The third kappa shape index (κ3) is 2.23. The van der Waals surface area contributed by atoms with Gasteiger partial charge in [-0.2, -0.15) is 0 Å². The fraction of sp³-hybridized carbons (Fsp3) is 0.800. The highest BCUT2D eigenvalue weighted by Crippen LogP contribution is 2.05. The molecule has 2 heteroatoms. The van der Waals surface area contributed by atoms with E-state index in [9.17, 15) is 0 Å². The maximum absolute atomic E-state index is 5.38. The van der Waals surface area contributed by atoms with Gasteiger partial charge in [0.1, 0.15) is 0 Å². The highest BCUT2D eigenvalue weighted by atomic mass is 15.2. The van der Waals surface area contributed by atoms with Crippen molar-refractivity contribution in [2.24, 2.45) is 0 Å². The highest BCUT2D eigenvalue weighted by Gasteiger charge is 2.20. The van der Waals surface area contributed by atoms with Crippen molar-refractivity contribution in [1.82, 2.24) is 10.2 Å². The number of nitrogens with zero attached hydrogens (tertiary/aromatic N) is 1. The van der Waals surface area contributed by atoms with Crippen molar-refractivity contribution in [1.29, 1.82) is 0 Å². The molecule has 0 aromatic rings. The molecule has 0 radical (unpaired) electrons. The molecule has 68 valence electrons. The van der Waals surface area contributed by atoms with Crippen LogP contribution in [0.4, 0.5) is 0 Å². The Labute approximate surface area is 75.3 Å². The van der Waals surface area contributed by atoms with Gasteiger partial charge in [-0.3, -0.25) is 4.90 Å². The van der Waals surface area contributed by atoms with Gasteiger partial charge in [-0.25, -0.2) is 0 Å². The van der Waals surface area contributed by atoms with Gasteiger partial charge in [-0.1, -0.05) is 12.8 Å². The van der Waals surface area contributed by atoms with Gasteiger partial charge in [-0.15, -0.1) is 6.42 Å². The maximum Gasteiger partial charge on any atom is 0.0684 e. The molecule has 2 unspecified atom stereocenters. The van der Waals surface area contributed by atoms with Crippen LogP contribution in [0.3, 0.4) is 0 Å². The molecule has 2 nitrogen and oxygen atoms in total. The summed E-state index contributed by atoms with van der Waals surface area (Å²) in [4.78, 5) is 2.37. The van der Waals surface area contributed by atoms with Gasteiger partial charge in [0.25, 0.3) is 0 Å². The quantitative estimate of drug-likeness (QED) is 0.607. The first-order valence-electron chi connectivity index (χ1n) is 4.71. The molecule has 0 aromatic heterocycles. The van der Waals surface area contributed by atoms with Crippen LogP contribution in [0.15, 0.2) is 0 Å². The predicted octanol–water partition coefficient (Wildman–Crippen LogP) is 0.692. The average molecular weight is 166 g/mol. The Morgan fingerprint density at radius 3 is 3.08 bits per heavy atom. The molecular weight excluding hydrogens is 148 g/mol. The van der Waals surface area contributed by atoms with Crippen LogP contribution in [0, 0.1) is 12.3 Å². The number of rotatable bonds is 2. The van der Waals surface area contributed by atoms with Crippen molar-refractivity contribution in [2.45, 2.75) is 32.4 Å². The van der Waals surface area contributed by atoms with Gasteiger partial charge in [0, 0.05) is 25.7 Å². The van der Waals surface area contributed by atoms with Crippen LogP contribution < -0.4 is 5.32 Å². The standard InChI is InChI=1S/C10H18N2/c1-4-9(3)12-7-6-11-10(5-2)8-12/h1,9-11H,5-8H2,2-3H3. The Morgan fingerprint density at radius 1 is 1.75 bits per heavy atom. The van der Waals surface area contributed by atoms with Gasteiger partial charge in [0.15, 0.2) is 0 Å². The first kappa shape index (κ1) is 9.57. The molecule has 1 saturated heterocycles. The molecule has 0 bridgehead atoms. The van der Waals surface area contributed by atoms with E-state index in [1.165, 1.54) is 6.42 Å². The summed E-state index contributed by atoms with van der Waals surface area (Å²) in [5.74, 6) is 2.78. The molecule has 2 atom stereocenters. The van der Waals surface area contributed by atoms with E-state index in [-0.39, 0.29) is 0 Å². The Morgan fingerprint density at radius 2 is 2.50 bits per heavy atom. The molecule has 0 spiro atoms. The fourth-order valence-corrected chi connectivity index (χ4v) is 1.58. The van der Waals surface area contributed by atoms with E-state index in [1.807, 2.05) is 0 Å². The molecule has 1 heterocycles. The second-order valence-corrected chi connectivity index (χ2v) is 3.40. The lowest BCUT2D eigenvalue weighted by Gasteiger charge is -2.35. The van der Waals surface area contributed by atoms with E-state index >= 15 is 0 Å². The van der Waals surface area contributed by atoms with Gasteiger partial charge >= 0.3 is 0 Å². The van der Waals surface area contributed by atoms with Crippen molar-refractivity contribution in [2.75, 3.05) is 19.6 Å². The summed E-state index contributed by atoms with van der Waals surface area (Å²) in [5, 5.41) is 3.47. The number of terminal acetylenes is 1. The second kappa shape index (κ2) is 4.49. The second-order valence-electron chi connectivity index (χ2n) is 3.40. The monoisotopic (exact) mass is 166 g/mol. The molecular formula is C10H18N2. The van der Waals surface area contributed by atoms with E-state index in [0.29, 0.717) is 12.1 Å². The fourth-order valence-electron chi connectivity index (χ4n) is 1.58. The minimum absolute atomic E-state index is 0.293. The first-order valence-corrected chi connectivity index (χ1v) is 4.71. The minimum Gasteiger partial charge on any atom is -0.311 e. The normalized spacial score (nSPS) is 27.9. The average Bonchev–Trinajstić information content (AvgIpc) is 2.17. The molecule has 1 aliphatic rings. The van der Waals surface area contributed by atoms with E-state index in [2.05, 4.69) is 30.0 Å². The molecule has 0 aliphatic carbocycles. The smallest absolute Gasteiger partial charge is 0.0684 e. The summed E-state index contributed by atoms with van der Waals surface area (Å²) in [5.41, 5.74) is 0. The van der Waals surface area contributed by atoms with Crippen LogP contribution in [0.2, 0.25) is 0 Å². The van der Waals surface area contributed by atoms with Crippen molar-refractivity contribution < 1.29 is 0 Å². The lowest BCUT2D eigenvalue weighted by Crippen LogP contribution is -2.52. The van der Waals surface area contributed by atoms with E-state index < -0.39 is 0 Å². The molecule has 12 heavy (non-hydrogen) atoms. The van der Waals surface area contributed by atoms with E-state index in [1.54, 1.807) is 0 Å². The highest BCUT2D eigenvalue weighted by molar-refractivity contribution is 4.99. The lowest BCUT2D eigenvalue weighted by molar-refractivity contribution is 0.178. The number of hydrogen-bond acceptors (Lipinski definition) is 2. The predicted molar refractivity (Wildman–Crippen MR) is 51.9 cm³/mol. The van der Waals surface area contributed by atoms with Crippen LogP contribution in [0.25, 0.3) is 0 Å². The van der Waals surface area contributed by atoms with Crippen molar-refractivity contribution in [3.63, 3.8) is 0 Å². The number of nitrogens with one attached hydrogen (secondary N) is 1. The zero-order valence-corrected chi connectivity index (χ0v) is 8.01. The SMILES string of the molecule is C#CC(C)N1CCNC(CC)C1. The summed E-state index contributed by atoms with van der Waals surface area (Å²) in [6, 6.07) is 0.927. The molecule has 1 rings (SSSR count). The summed E-state index contributed by atoms with van der Waals surface area (Å²) in [6.45, 7) is 7.56. The van der Waals surface area contributed by atoms with Gasteiger partial charge in [0.05, 0.1) is 6.04 Å². The van der Waals surface area contributed by atoms with Crippen LogP contribution in [-0.2, 0) is 0 Å². The minimum atomic E-state index is 0.293. The zero-order valence-electron chi connectivity index (χ0n) is 8.01.